The SMILES string of the molecule is CC(O)CC1COCCN1C(=O)c1ccc2n[nH]nc2c1. The molecule has 3 rings (SSSR count). The third kappa shape index (κ3) is 2.88. The third-order valence-electron chi connectivity index (χ3n) is 3.66. The number of carbonyl (C=O) groups is 1. The maximum absolute atomic E-state index is 12.7. The van der Waals surface area contributed by atoms with Gasteiger partial charge in [0, 0.05) is 12.1 Å². The molecule has 0 bridgehead atoms. The minimum atomic E-state index is -0.468. The first-order valence-electron chi connectivity index (χ1n) is 7.02. The molecule has 1 aromatic carbocycles. The average Bonchev–Trinajstić information content (AvgIpc) is 2.94. The molecule has 1 aliphatic heterocycles. The summed E-state index contributed by atoms with van der Waals surface area (Å²) in [6, 6.07) is 5.16. The van der Waals surface area contributed by atoms with Gasteiger partial charge in [-0.2, -0.15) is 15.4 Å². The number of fused-ring (bicyclic) bond motifs is 1. The van der Waals surface area contributed by atoms with Gasteiger partial charge in [0.1, 0.15) is 11.0 Å². The standard InChI is InChI=1S/C14H18N4O3/c1-9(19)6-11-8-21-5-4-18(11)14(20)10-2-3-12-13(7-10)16-17-15-12/h2-3,7,9,11,19H,4-6,8H2,1H3,(H,15,16,17). The lowest BCUT2D eigenvalue weighted by Crippen LogP contribution is -2.49. The summed E-state index contributed by atoms with van der Waals surface area (Å²) >= 11 is 0. The van der Waals surface area contributed by atoms with E-state index in [0.717, 1.165) is 5.52 Å². The zero-order chi connectivity index (χ0) is 14.8. The second-order valence-corrected chi connectivity index (χ2v) is 5.34. The lowest BCUT2D eigenvalue weighted by molar-refractivity contribution is -0.0152. The molecule has 21 heavy (non-hydrogen) atoms. The zero-order valence-electron chi connectivity index (χ0n) is 11.8. The van der Waals surface area contributed by atoms with E-state index in [2.05, 4.69) is 15.4 Å². The fourth-order valence-electron chi connectivity index (χ4n) is 2.65. The first-order valence-corrected chi connectivity index (χ1v) is 7.02. The van der Waals surface area contributed by atoms with Gasteiger partial charge in [0.05, 0.1) is 25.4 Å². The molecule has 1 amide bonds. The Labute approximate surface area is 121 Å². The van der Waals surface area contributed by atoms with Crippen LogP contribution in [0.3, 0.4) is 0 Å². The Bertz CT molecular complexity index is 640. The van der Waals surface area contributed by atoms with Gasteiger partial charge in [0.25, 0.3) is 5.91 Å². The van der Waals surface area contributed by atoms with Crippen molar-refractivity contribution >= 4 is 16.9 Å². The van der Waals surface area contributed by atoms with Crippen LogP contribution in [-0.4, -0.2) is 63.2 Å². The molecular formula is C14H18N4O3. The van der Waals surface area contributed by atoms with Gasteiger partial charge in [0.15, 0.2) is 0 Å². The molecule has 7 nitrogen and oxygen atoms in total. The average molecular weight is 290 g/mol. The van der Waals surface area contributed by atoms with Crippen molar-refractivity contribution < 1.29 is 14.6 Å². The Morgan fingerprint density at radius 2 is 2.33 bits per heavy atom. The molecule has 0 spiro atoms. The Balaban J connectivity index is 1.84. The highest BCUT2D eigenvalue weighted by atomic mass is 16.5. The Hall–Kier alpha value is -1.99. The largest absolute Gasteiger partial charge is 0.393 e. The lowest BCUT2D eigenvalue weighted by Gasteiger charge is -2.36. The summed E-state index contributed by atoms with van der Waals surface area (Å²) in [7, 11) is 0. The molecule has 0 saturated carbocycles. The highest BCUT2D eigenvalue weighted by Gasteiger charge is 2.29. The predicted octanol–water partition coefficient (Wildman–Crippen LogP) is 0.570. The Morgan fingerprint density at radius 3 is 3.14 bits per heavy atom. The van der Waals surface area contributed by atoms with Gasteiger partial charge >= 0.3 is 0 Å². The monoisotopic (exact) mass is 290 g/mol. The van der Waals surface area contributed by atoms with E-state index < -0.39 is 6.10 Å². The number of ether oxygens (including phenoxy) is 1. The number of aliphatic hydroxyl groups is 1. The van der Waals surface area contributed by atoms with Crippen LogP contribution >= 0.6 is 0 Å². The number of rotatable bonds is 3. The molecule has 2 N–H and O–H groups in total. The first kappa shape index (κ1) is 14.0. The van der Waals surface area contributed by atoms with Gasteiger partial charge in [-0.3, -0.25) is 4.79 Å². The van der Waals surface area contributed by atoms with Gasteiger partial charge in [-0.1, -0.05) is 0 Å². The highest BCUT2D eigenvalue weighted by Crippen LogP contribution is 2.18. The van der Waals surface area contributed by atoms with Crippen molar-refractivity contribution in [3.05, 3.63) is 23.8 Å². The maximum Gasteiger partial charge on any atom is 0.254 e. The number of nitrogens with one attached hydrogen (secondary N) is 1. The van der Waals surface area contributed by atoms with Gasteiger partial charge in [-0.05, 0) is 31.5 Å². The number of amides is 1. The maximum atomic E-state index is 12.7. The number of hydrogen-bond acceptors (Lipinski definition) is 5. The quantitative estimate of drug-likeness (QED) is 0.862. The zero-order valence-corrected chi connectivity index (χ0v) is 11.8. The van der Waals surface area contributed by atoms with Crippen LogP contribution in [0.4, 0.5) is 0 Å². The summed E-state index contributed by atoms with van der Waals surface area (Å²) in [4.78, 5) is 14.5. The van der Waals surface area contributed by atoms with E-state index in [0.29, 0.717) is 37.3 Å². The second-order valence-electron chi connectivity index (χ2n) is 5.34. The molecule has 2 unspecified atom stereocenters. The van der Waals surface area contributed by atoms with Crippen LogP contribution in [0.2, 0.25) is 0 Å². The number of benzene rings is 1. The molecule has 7 heteroatoms. The molecule has 1 aliphatic rings. The van der Waals surface area contributed by atoms with E-state index in [4.69, 9.17) is 4.74 Å². The van der Waals surface area contributed by atoms with Crippen LogP contribution in [-0.2, 0) is 4.74 Å². The summed E-state index contributed by atoms with van der Waals surface area (Å²) in [6.07, 6.45) is 0.0443. The fourth-order valence-corrected chi connectivity index (χ4v) is 2.65. The minimum absolute atomic E-state index is 0.0612. The van der Waals surface area contributed by atoms with Crippen LogP contribution in [0.5, 0.6) is 0 Å². The minimum Gasteiger partial charge on any atom is -0.393 e. The molecule has 1 fully saturated rings. The number of aromatic nitrogens is 3. The number of aliphatic hydroxyl groups excluding tert-OH is 1. The van der Waals surface area contributed by atoms with Gasteiger partial charge in [0.2, 0.25) is 0 Å². The third-order valence-corrected chi connectivity index (χ3v) is 3.66. The van der Waals surface area contributed by atoms with E-state index in [9.17, 15) is 9.90 Å². The smallest absolute Gasteiger partial charge is 0.254 e. The molecule has 112 valence electrons. The Kier molecular flexibility index (Phi) is 3.85. The topological polar surface area (TPSA) is 91.3 Å². The summed E-state index contributed by atoms with van der Waals surface area (Å²) in [5.74, 6) is -0.0612. The molecule has 2 atom stereocenters. The number of morpholine rings is 1. The first-order chi connectivity index (χ1) is 10.1. The number of carbonyl (C=O) groups excluding carboxylic acids is 1. The van der Waals surface area contributed by atoms with Crippen molar-refractivity contribution in [2.24, 2.45) is 0 Å². The molecule has 1 saturated heterocycles. The summed E-state index contributed by atoms with van der Waals surface area (Å²) in [5, 5.41) is 20.1. The molecule has 2 aromatic rings. The molecule has 2 heterocycles. The molecule has 0 radical (unpaired) electrons. The van der Waals surface area contributed by atoms with E-state index in [1.54, 1.807) is 30.0 Å². The van der Waals surface area contributed by atoms with E-state index in [-0.39, 0.29) is 11.9 Å². The van der Waals surface area contributed by atoms with Gasteiger partial charge < -0.3 is 14.7 Å². The van der Waals surface area contributed by atoms with Crippen molar-refractivity contribution in [1.29, 1.82) is 0 Å². The fraction of sp³-hybridized carbons (Fsp3) is 0.500. The van der Waals surface area contributed by atoms with E-state index in [1.165, 1.54) is 0 Å². The van der Waals surface area contributed by atoms with Crippen LogP contribution in [0.1, 0.15) is 23.7 Å². The van der Waals surface area contributed by atoms with Crippen LogP contribution in [0, 0.1) is 0 Å². The van der Waals surface area contributed by atoms with Crippen molar-refractivity contribution in [1.82, 2.24) is 20.3 Å². The summed E-state index contributed by atoms with van der Waals surface area (Å²) < 4.78 is 5.42. The van der Waals surface area contributed by atoms with Gasteiger partial charge in [-0.25, -0.2) is 0 Å². The van der Waals surface area contributed by atoms with Crippen molar-refractivity contribution in [3.63, 3.8) is 0 Å². The molecule has 0 aliphatic carbocycles. The summed E-state index contributed by atoms with van der Waals surface area (Å²) in [6.45, 7) is 3.24. The van der Waals surface area contributed by atoms with Crippen LogP contribution < -0.4 is 0 Å². The number of H-pyrrole nitrogens is 1. The highest BCUT2D eigenvalue weighted by molar-refractivity contribution is 5.97. The summed E-state index contributed by atoms with van der Waals surface area (Å²) in [5.41, 5.74) is 1.98. The van der Waals surface area contributed by atoms with E-state index >= 15 is 0 Å². The Morgan fingerprint density at radius 1 is 1.52 bits per heavy atom. The molecular weight excluding hydrogens is 272 g/mol. The van der Waals surface area contributed by atoms with Gasteiger partial charge in [-0.15, -0.1) is 0 Å². The number of nitrogens with zero attached hydrogens (tertiary/aromatic N) is 3. The predicted molar refractivity (Wildman–Crippen MR) is 75.8 cm³/mol. The second kappa shape index (κ2) is 5.79. The normalized spacial score (nSPS) is 20.7. The van der Waals surface area contributed by atoms with Crippen LogP contribution in [0.25, 0.3) is 11.0 Å². The number of hydrogen-bond donors (Lipinski definition) is 2. The lowest BCUT2D eigenvalue weighted by atomic mass is 10.1. The number of aromatic amines is 1. The van der Waals surface area contributed by atoms with Crippen molar-refractivity contribution in [2.75, 3.05) is 19.8 Å². The van der Waals surface area contributed by atoms with Crippen molar-refractivity contribution in [3.8, 4) is 0 Å². The molecule has 1 aromatic heterocycles. The van der Waals surface area contributed by atoms with Crippen LogP contribution in [0.15, 0.2) is 18.2 Å². The van der Waals surface area contributed by atoms with E-state index in [1.807, 2.05) is 0 Å². The van der Waals surface area contributed by atoms with Crippen molar-refractivity contribution in [2.45, 2.75) is 25.5 Å².